The van der Waals surface area contributed by atoms with Crippen molar-refractivity contribution >= 4 is 39.2 Å². The molecule has 1 fully saturated rings. The highest BCUT2D eigenvalue weighted by molar-refractivity contribution is 8.01. The maximum atomic E-state index is 11.9. The SMILES string of the molecule is CCOc1ccc2nc(SCC(=O)NC[C@@H]3CCCO3)sc2c1. The lowest BCUT2D eigenvalue weighted by Crippen LogP contribution is -2.32. The highest BCUT2D eigenvalue weighted by atomic mass is 32.2. The maximum Gasteiger partial charge on any atom is 0.230 e. The zero-order chi connectivity index (χ0) is 16.1. The topological polar surface area (TPSA) is 60.5 Å². The maximum absolute atomic E-state index is 11.9. The van der Waals surface area contributed by atoms with Crippen LogP contribution in [-0.2, 0) is 9.53 Å². The number of carbonyl (C=O) groups excluding carboxylic acids is 1. The average Bonchev–Trinajstić information content (AvgIpc) is 3.20. The van der Waals surface area contributed by atoms with Gasteiger partial charge in [0.2, 0.25) is 5.91 Å². The molecule has 1 aromatic heterocycles. The first-order valence-electron chi connectivity index (χ1n) is 7.79. The van der Waals surface area contributed by atoms with Crippen LogP contribution in [-0.4, -0.2) is 42.5 Å². The Bertz CT molecular complexity index is 668. The van der Waals surface area contributed by atoms with Gasteiger partial charge in [0.1, 0.15) is 5.75 Å². The molecule has 1 saturated heterocycles. The molecule has 1 aliphatic heterocycles. The summed E-state index contributed by atoms with van der Waals surface area (Å²) in [5, 5.41) is 2.93. The van der Waals surface area contributed by atoms with Crippen LogP contribution in [0.15, 0.2) is 22.5 Å². The van der Waals surface area contributed by atoms with Gasteiger partial charge < -0.3 is 14.8 Å². The molecule has 0 aliphatic carbocycles. The largest absolute Gasteiger partial charge is 0.494 e. The average molecular weight is 352 g/mol. The van der Waals surface area contributed by atoms with Gasteiger partial charge in [-0.1, -0.05) is 11.8 Å². The Morgan fingerprint density at radius 3 is 3.26 bits per heavy atom. The van der Waals surface area contributed by atoms with Crippen molar-refractivity contribution in [3.63, 3.8) is 0 Å². The Labute approximate surface area is 143 Å². The van der Waals surface area contributed by atoms with Crippen molar-refractivity contribution in [2.24, 2.45) is 0 Å². The molecule has 23 heavy (non-hydrogen) atoms. The Morgan fingerprint density at radius 2 is 2.48 bits per heavy atom. The number of benzene rings is 1. The summed E-state index contributed by atoms with van der Waals surface area (Å²) in [6.07, 6.45) is 2.31. The third-order valence-corrected chi connectivity index (χ3v) is 5.69. The van der Waals surface area contributed by atoms with Crippen LogP contribution in [0, 0.1) is 0 Å². The van der Waals surface area contributed by atoms with Crippen LogP contribution in [0.2, 0.25) is 0 Å². The van der Waals surface area contributed by atoms with Gasteiger partial charge in [-0.3, -0.25) is 4.79 Å². The van der Waals surface area contributed by atoms with Crippen LogP contribution in [0.5, 0.6) is 5.75 Å². The molecule has 1 atom stereocenters. The van der Waals surface area contributed by atoms with E-state index >= 15 is 0 Å². The standard InChI is InChI=1S/C16H20N2O3S2/c1-2-20-11-5-6-13-14(8-11)23-16(18-13)22-10-15(19)17-9-12-4-3-7-21-12/h5-6,8,12H,2-4,7,9-10H2,1H3,(H,17,19)/t12-/m0/s1. The summed E-state index contributed by atoms with van der Waals surface area (Å²) in [4.78, 5) is 16.4. The monoisotopic (exact) mass is 352 g/mol. The predicted octanol–water partition coefficient (Wildman–Crippen LogP) is 3.08. The second-order valence-corrected chi connectivity index (χ2v) is 7.52. The van der Waals surface area contributed by atoms with Gasteiger partial charge in [0, 0.05) is 13.2 Å². The van der Waals surface area contributed by atoms with Crippen molar-refractivity contribution in [1.82, 2.24) is 10.3 Å². The lowest BCUT2D eigenvalue weighted by Gasteiger charge is -2.09. The van der Waals surface area contributed by atoms with E-state index in [1.54, 1.807) is 11.3 Å². The number of aromatic nitrogens is 1. The van der Waals surface area contributed by atoms with Gasteiger partial charge in [0.05, 0.1) is 28.7 Å². The first-order valence-corrected chi connectivity index (χ1v) is 9.59. The van der Waals surface area contributed by atoms with E-state index in [4.69, 9.17) is 9.47 Å². The molecule has 1 N–H and O–H groups in total. The molecule has 1 aliphatic rings. The molecule has 5 nitrogen and oxygen atoms in total. The van der Waals surface area contributed by atoms with E-state index in [0.717, 1.165) is 39.8 Å². The van der Waals surface area contributed by atoms with Gasteiger partial charge in [-0.05, 0) is 38.0 Å². The molecule has 0 radical (unpaired) electrons. The van der Waals surface area contributed by atoms with Crippen molar-refractivity contribution in [1.29, 1.82) is 0 Å². The Morgan fingerprint density at radius 1 is 1.57 bits per heavy atom. The summed E-state index contributed by atoms with van der Waals surface area (Å²) in [5.41, 5.74) is 0.945. The van der Waals surface area contributed by atoms with Gasteiger partial charge in [-0.15, -0.1) is 11.3 Å². The van der Waals surface area contributed by atoms with E-state index in [1.165, 1.54) is 11.8 Å². The summed E-state index contributed by atoms with van der Waals surface area (Å²) in [6.45, 7) is 4.03. The van der Waals surface area contributed by atoms with Gasteiger partial charge in [-0.25, -0.2) is 4.98 Å². The molecule has 7 heteroatoms. The lowest BCUT2D eigenvalue weighted by molar-refractivity contribution is -0.119. The quantitative estimate of drug-likeness (QED) is 0.776. The number of nitrogens with one attached hydrogen (secondary N) is 1. The second-order valence-electron chi connectivity index (χ2n) is 5.27. The Balaban J connectivity index is 1.51. The smallest absolute Gasteiger partial charge is 0.230 e. The number of thiazole rings is 1. The molecule has 1 aromatic carbocycles. The number of hydrogen-bond donors (Lipinski definition) is 1. The zero-order valence-electron chi connectivity index (χ0n) is 13.0. The predicted molar refractivity (Wildman–Crippen MR) is 93.5 cm³/mol. The molecule has 1 amide bonds. The fourth-order valence-corrected chi connectivity index (χ4v) is 4.34. The number of carbonyl (C=O) groups is 1. The van der Waals surface area contributed by atoms with Crippen molar-refractivity contribution in [3.8, 4) is 5.75 Å². The van der Waals surface area contributed by atoms with Crippen LogP contribution in [0.1, 0.15) is 19.8 Å². The third-order valence-electron chi connectivity index (χ3n) is 3.53. The van der Waals surface area contributed by atoms with E-state index in [0.29, 0.717) is 18.9 Å². The van der Waals surface area contributed by atoms with Crippen molar-refractivity contribution < 1.29 is 14.3 Å². The van der Waals surface area contributed by atoms with Crippen LogP contribution in [0.4, 0.5) is 0 Å². The molecular weight excluding hydrogens is 332 g/mol. The van der Waals surface area contributed by atoms with Gasteiger partial charge in [-0.2, -0.15) is 0 Å². The summed E-state index contributed by atoms with van der Waals surface area (Å²) < 4.78 is 13.0. The van der Waals surface area contributed by atoms with Crippen LogP contribution in [0.25, 0.3) is 10.2 Å². The molecule has 0 unspecified atom stereocenters. The van der Waals surface area contributed by atoms with Gasteiger partial charge in [0.15, 0.2) is 4.34 Å². The highest BCUT2D eigenvalue weighted by Crippen LogP contribution is 2.31. The van der Waals surface area contributed by atoms with Crippen molar-refractivity contribution in [3.05, 3.63) is 18.2 Å². The molecule has 124 valence electrons. The van der Waals surface area contributed by atoms with E-state index in [9.17, 15) is 4.79 Å². The summed E-state index contributed by atoms with van der Waals surface area (Å²) in [5.74, 6) is 1.26. The minimum atomic E-state index is 0.0276. The lowest BCUT2D eigenvalue weighted by atomic mass is 10.2. The number of rotatable bonds is 7. The molecule has 0 bridgehead atoms. The summed E-state index contributed by atoms with van der Waals surface area (Å²) in [6, 6.07) is 5.88. The number of nitrogens with zero attached hydrogens (tertiary/aromatic N) is 1. The fraction of sp³-hybridized carbons (Fsp3) is 0.500. The van der Waals surface area contributed by atoms with Crippen molar-refractivity contribution in [2.45, 2.75) is 30.2 Å². The molecule has 0 spiro atoms. The summed E-state index contributed by atoms with van der Waals surface area (Å²) >= 11 is 3.06. The summed E-state index contributed by atoms with van der Waals surface area (Å²) in [7, 11) is 0. The number of amides is 1. The number of fused-ring (bicyclic) bond motifs is 1. The number of ether oxygens (including phenoxy) is 2. The van der Waals surface area contributed by atoms with E-state index in [-0.39, 0.29) is 12.0 Å². The van der Waals surface area contributed by atoms with Crippen LogP contribution < -0.4 is 10.1 Å². The van der Waals surface area contributed by atoms with E-state index in [2.05, 4.69) is 10.3 Å². The minimum Gasteiger partial charge on any atom is -0.494 e. The Kier molecular flexibility index (Phi) is 5.75. The highest BCUT2D eigenvalue weighted by Gasteiger charge is 2.16. The first-order chi connectivity index (χ1) is 11.2. The fourth-order valence-electron chi connectivity index (χ4n) is 2.41. The zero-order valence-corrected chi connectivity index (χ0v) is 14.7. The second kappa shape index (κ2) is 7.99. The first kappa shape index (κ1) is 16.5. The Hall–Kier alpha value is -1.31. The number of hydrogen-bond acceptors (Lipinski definition) is 6. The molecular formula is C16H20N2O3S2. The van der Waals surface area contributed by atoms with Gasteiger partial charge >= 0.3 is 0 Å². The molecule has 3 rings (SSSR count). The number of thioether (sulfide) groups is 1. The third kappa shape index (κ3) is 4.59. The van der Waals surface area contributed by atoms with Crippen LogP contribution in [0.3, 0.4) is 0 Å². The van der Waals surface area contributed by atoms with Crippen molar-refractivity contribution in [2.75, 3.05) is 25.5 Å². The van der Waals surface area contributed by atoms with E-state index in [1.807, 2.05) is 25.1 Å². The molecule has 2 heterocycles. The van der Waals surface area contributed by atoms with E-state index < -0.39 is 0 Å². The molecule has 0 saturated carbocycles. The molecule has 2 aromatic rings. The van der Waals surface area contributed by atoms with Crippen LogP contribution >= 0.6 is 23.1 Å². The van der Waals surface area contributed by atoms with Gasteiger partial charge in [0.25, 0.3) is 0 Å². The minimum absolute atomic E-state index is 0.0276. The normalized spacial score (nSPS) is 17.5.